The molecule has 0 aliphatic carbocycles. The van der Waals surface area contributed by atoms with E-state index in [0.717, 1.165) is 22.8 Å². The first-order chi connectivity index (χ1) is 9.08. The van der Waals surface area contributed by atoms with Gasteiger partial charge in [-0.05, 0) is 18.2 Å². The second kappa shape index (κ2) is 5.63. The summed E-state index contributed by atoms with van der Waals surface area (Å²) in [5, 5.41) is 9.71. The van der Waals surface area contributed by atoms with E-state index in [1.54, 1.807) is 12.1 Å². The van der Waals surface area contributed by atoms with Crippen LogP contribution in [0.1, 0.15) is 22.8 Å². The molecule has 0 amide bonds. The van der Waals surface area contributed by atoms with E-state index in [4.69, 9.17) is 5.11 Å². The number of aromatic amines is 1. The van der Waals surface area contributed by atoms with E-state index in [-0.39, 0.29) is 10.7 Å². The van der Waals surface area contributed by atoms with Crippen LogP contribution < -0.4 is 0 Å². The lowest BCUT2D eigenvalue weighted by Crippen LogP contribution is -1.93. The first kappa shape index (κ1) is 13.2. The number of hydrogen-bond donors (Lipinski definition) is 2. The Balaban J connectivity index is 2.27. The van der Waals surface area contributed by atoms with Gasteiger partial charge in [0.2, 0.25) is 0 Å². The van der Waals surface area contributed by atoms with Crippen molar-refractivity contribution in [1.82, 2.24) is 4.98 Å². The van der Waals surface area contributed by atoms with Gasteiger partial charge < -0.3 is 10.1 Å². The zero-order valence-corrected chi connectivity index (χ0v) is 11.0. The fourth-order valence-electron chi connectivity index (χ4n) is 1.65. The molecule has 2 aromatic rings. The lowest BCUT2D eigenvalue weighted by Gasteiger charge is -1.94. The number of aromatic carboxylic acids is 1. The van der Waals surface area contributed by atoms with Gasteiger partial charge in [-0.1, -0.05) is 23.6 Å². The Kier molecular flexibility index (Phi) is 3.93. The molecule has 4 nitrogen and oxygen atoms in total. The van der Waals surface area contributed by atoms with E-state index in [9.17, 15) is 9.59 Å². The number of nitrogens with one attached hydrogen (secondary N) is 1. The van der Waals surface area contributed by atoms with Crippen LogP contribution in [0.25, 0.3) is 10.9 Å². The van der Waals surface area contributed by atoms with Crippen molar-refractivity contribution in [2.45, 2.75) is 6.92 Å². The van der Waals surface area contributed by atoms with Crippen molar-refractivity contribution in [2.75, 3.05) is 5.75 Å². The van der Waals surface area contributed by atoms with Gasteiger partial charge in [0.15, 0.2) is 5.12 Å². The van der Waals surface area contributed by atoms with E-state index >= 15 is 0 Å². The molecule has 1 heterocycles. The second-order valence-electron chi connectivity index (χ2n) is 3.85. The molecular formula is C14H11NO3S. The van der Waals surface area contributed by atoms with Crippen molar-refractivity contribution >= 4 is 33.7 Å². The topological polar surface area (TPSA) is 70.2 Å². The third-order valence-corrected chi connectivity index (χ3v) is 3.19. The Morgan fingerprint density at radius 3 is 2.89 bits per heavy atom. The lowest BCUT2D eigenvalue weighted by atomic mass is 10.1. The first-order valence-electron chi connectivity index (χ1n) is 5.54. The molecule has 0 saturated carbocycles. The van der Waals surface area contributed by atoms with Crippen molar-refractivity contribution in [3.63, 3.8) is 0 Å². The molecule has 0 radical (unpaired) electrons. The fourth-order valence-corrected chi connectivity index (χ4v) is 2.00. The van der Waals surface area contributed by atoms with Gasteiger partial charge >= 0.3 is 5.97 Å². The zero-order chi connectivity index (χ0) is 13.8. The Hall–Kier alpha value is -2.19. The average molecular weight is 273 g/mol. The molecule has 19 heavy (non-hydrogen) atoms. The number of thioether (sulfide) groups is 1. The normalized spacial score (nSPS) is 9.95. The van der Waals surface area contributed by atoms with Crippen LogP contribution in [-0.4, -0.2) is 26.9 Å². The molecule has 2 N–H and O–H groups in total. The summed E-state index contributed by atoms with van der Waals surface area (Å²) in [5.41, 5.74) is 1.73. The van der Waals surface area contributed by atoms with Crippen molar-refractivity contribution in [1.29, 1.82) is 0 Å². The predicted molar refractivity (Wildman–Crippen MR) is 75.3 cm³/mol. The van der Waals surface area contributed by atoms with Gasteiger partial charge in [-0.25, -0.2) is 4.79 Å². The van der Waals surface area contributed by atoms with Crippen molar-refractivity contribution in [3.8, 4) is 11.8 Å². The summed E-state index contributed by atoms with van der Waals surface area (Å²) in [5.74, 6) is 5.26. The number of benzene rings is 1. The lowest BCUT2D eigenvalue weighted by molar-refractivity contribution is -0.109. The SMILES string of the molecule is CC(=O)SCC#Cc1ccc2[nH]cc(C(=O)O)c2c1. The number of rotatable bonds is 2. The molecule has 2 rings (SSSR count). The number of carbonyl (C=O) groups excluding carboxylic acids is 1. The van der Waals surface area contributed by atoms with Gasteiger partial charge in [0, 0.05) is 29.6 Å². The fraction of sp³-hybridized carbons (Fsp3) is 0.143. The number of H-pyrrole nitrogens is 1. The number of fused-ring (bicyclic) bond motifs is 1. The van der Waals surface area contributed by atoms with Crippen molar-refractivity contribution < 1.29 is 14.7 Å². The van der Waals surface area contributed by atoms with Crippen LogP contribution in [-0.2, 0) is 4.79 Å². The van der Waals surface area contributed by atoms with Gasteiger partial charge in [-0.3, -0.25) is 4.79 Å². The molecule has 0 atom stereocenters. The van der Waals surface area contributed by atoms with Gasteiger partial charge in [0.05, 0.1) is 11.3 Å². The van der Waals surface area contributed by atoms with E-state index < -0.39 is 5.97 Å². The summed E-state index contributed by atoms with van der Waals surface area (Å²) >= 11 is 1.15. The Morgan fingerprint density at radius 2 is 2.21 bits per heavy atom. The third-order valence-electron chi connectivity index (χ3n) is 2.49. The summed E-state index contributed by atoms with van der Waals surface area (Å²) in [6, 6.07) is 5.35. The minimum atomic E-state index is -0.969. The van der Waals surface area contributed by atoms with Crippen molar-refractivity contribution in [2.24, 2.45) is 0 Å². The monoisotopic (exact) mass is 273 g/mol. The highest BCUT2D eigenvalue weighted by Crippen LogP contribution is 2.19. The number of aromatic nitrogens is 1. The van der Waals surface area contributed by atoms with Crippen LogP contribution in [0.2, 0.25) is 0 Å². The maximum atomic E-state index is 11.0. The smallest absolute Gasteiger partial charge is 0.337 e. The number of hydrogen-bond acceptors (Lipinski definition) is 3. The minimum Gasteiger partial charge on any atom is -0.478 e. The Labute approximate surface area is 114 Å². The molecule has 5 heteroatoms. The predicted octanol–water partition coefficient (Wildman–Crippen LogP) is 2.50. The van der Waals surface area contributed by atoms with Gasteiger partial charge in [-0.15, -0.1) is 0 Å². The first-order valence-corrected chi connectivity index (χ1v) is 6.53. The second-order valence-corrected chi connectivity index (χ2v) is 5.00. The molecule has 0 fully saturated rings. The third kappa shape index (κ3) is 3.18. The Bertz CT molecular complexity index is 706. The molecule has 0 bridgehead atoms. The summed E-state index contributed by atoms with van der Waals surface area (Å²) in [6.45, 7) is 1.50. The van der Waals surface area contributed by atoms with E-state index in [2.05, 4.69) is 16.8 Å². The number of carboxylic acid groups (broad SMARTS) is 1. The quantitative estimate of drug-likeness (QED) is 0.825. The largest absolute Gasteiger partial charge is 0.478 e. The molecular weight excluding hydrogens is 262 g/mol. The van der Waals surface area contributed by atoms with Crippen LogP contribution in [0.5, 0.6) is 0 Å². The Morgan fingerprint density at radius 1 is 1.42 bits per heavy atom. The maximum absolute atomic E-state index is 11.0. The molecule has 1 aromatic carbocycles. The van der Waals surface area contributed by atoms with E-state index in [1.807, 2.05) is 6.07 Å². The molecule has 96 valence electrons. The van der Waals surface area contributed by atoms with Gasteiger partial charge in [0.1, 0.15) is 0 Å². The molecule has 0 unspecified atom stereocenters. The maximum Gasteiger partial charge on any atom is 0.337 e. The van der Waals surface area contributed by atoms with Crippen LogP contribution in [0.15, 0.2) is 24.4 Å². The van der Waals surface area contributed by atoms with Crippen LogP contribution in [0.3, 0.4) is 0 Å². The highest BCUT2D eigenvalue weighted by Gasteiger charge is 2.10. The van der Waals surface area contributed by atoms with Gasteiger partial charge in [0.25, 0.3) is 0 Å². The summed E-state index contributed by atoms with van der Waals surface area (Å²) in [4.78, 5) is 24.7. The van der Waals surface area contributed by atoms with Crippen LogP contribution in [0.4, 0.5) is 0 Å². The highest BCUT2D eigenvalue weighted by atomic mass is 32.2. The zero-order valence-electron chi connectivity index (χ0n) is 10.2. The molecule has 0 aliphatic heterocycles. The standard InChI is InChI=1S/C14H11NO3S/c1-9(16)19-6-2-3-10-4-5-13-11(7-10)12(8-15-13)14(17)18/h4-5,7-8,15H,6H2,1H3,(H,17,18). The van der Waals surface area contributed by atoms with Crippen LogP contribution in [0, 0.1) is 11.8 Å². The molecule has 0 spiro atoms. The molecule has 0 saturated heterocycles. The molecule has 1 aromatic heterocycles. The van der Waals surface area contributed by atoms with Crippen LogP contribution >= 0.6 is 11.8 Å². The van der Waals surface area contributed by atoms with Gasteiger partial charge in [-0.2, -0.15) is 0 Å². The highest BCUT2D eigenvalue weighted by molar-refractivity contribution is 8.13. The molecule has 0 aliphatic rings. The minimum absolute atomic E-state index is 0.0311. The summed E-state index contributed by atoms with van der Waals surface area (Å²) in [7, 11) is 0. The van der Waals surface area contributed by atoms with E-state index in [1.165, 1.54) is 13.1 Å². The van der Waals surface area contributed by atoms with Crippen molar-refractivity contribution in [3.05, 3.63) is 35.5 Å². The number of carboxylic acids is 1. The summed E-state index contributed by atoms with van der Waals surface area (Å²) < 4.78 is 0. The number of carbonyl (C=O) groups is 2. The average Bonchev–Trinajstić information content (AvgIpc) is 2.77. The summed E-state index contributed by atoms with van der Waals surface area (Å²) in [6.07, 6.45) is 1.47. The van der Waals surface area contributed by atoms with E-state index in [0.29, 0.717) is 11.1 Å².